The van der Waals surface area contributed by atoms with Crippen LogP contribution in [0.5, 0.6) is 0 Å². The van der Waals surface area contributed by atoms with Gasteiger partial charge in [0.05, 0.1) is 12.2 Å². The molecular formula is C14H30O2. The second-order valence-electron chi connectivity index (χ2n) is 5.44. The van der Waals surface area contributed by atoms with Crippen LogP contribution in [0.3, 0.4) is 0 Å². The number of ether oxygens (including phenoxy) is 2. The first-order valence-corrected chi connectivity index (χ1v) is 6.66. The zero-order chi connectivity index (χ0) is 12.6. The Hall–Kier alpha value is -0.0800. The van der Waals surface area contributed by atoms with E-state index in [4.69, 9.17) is 9.47 Å². The van der Waals surface area contributed by atoms with Crippen molar-refractivity contribution in [1.82, 2.24) is 0 Å². The molecule has 0 aliphatic carbocycles. The molecule has 0 N–H and O–H groups in total. The topological polar surface area (TPSA) is 18.5 Å². The third-order valence-electron chi connectivity index (χ3n) is 2.90. The lowest BCUT2D eigenvalue weighted by Gasteiger charge is -2.21. The van der Waals surface area contributed by atoms with Gasteiger partial charge >= 0.3 is 0 Å². The molecule has 0 aromatic heterocycles. The van der Waals surface area contributed by atoms with Gasteiger partial charge in [-0.15, -0.1) is 0 Å². The zero-order valence-corrected chi connectivity index (χ0v) is 12.0. The van der Waals surface area contributed by atoms with Crippen molar-refractivity contribution in [1.29, 1.82) is 0 Å². The standard InChI is InChI=1S/C14H30O2/c1-11(2)7-9-16-14(6)13(5)8-10-15-12(3)4/h11-14H,7-10H2,1-6H3/t13-,14+/m0/s1. The molecule has 0 heterocycles. The quantitative estimate of drug-likeness (QED) is 0.598. The van der Waals surface area contributed by atoms with Gasteiger partial charge in [-0.05, 0) is 45.4 Å². The Balaban J connectivity index is 3.52. The molecule has 0 spiro atoms. The highest BCUT2D eigenvalue weighted by atomic mass is 16.5. The number of rotatable bonds is 9. The number of hydrogen-bond donors (Lipinski definition) is 0. The Kier molecular flexibility index (Phi) is 8.96. The van der Waals surface area contributed by atoms with E-state index in [-0.39, 0.29) is 0 Å². The van der Waals surface area contributed by atoms with Crippen molar-refractivity contribution in [3.8, 4) is 0 Å². The smallest absolute Gasteiger partial charge is 0.0573 e. The van der Waals surface area contributed by atoms with E-state index in [9.17, 15) is 0 Å². The fraction of sp³-hybridized carbons (Fsp3) is 1.00. The van der Waals surface area contributed by atoms with Crippen LogP contribution in [0.1, 0.15) is 54.4 Å². The molecule has 0 aromatic rings. The van der Waals surface area contributed by atoms with Crippen molar-refractivity contribution in [2.45, 2.75) is 66.6 Å². The summed E-state index contributed by atoms with van der Waals surface area (Å²) >= 11 is 0. The summed E-state index contributed by atoms with van der Waals surface area (Å²) in [5.74, 6) is 1.30. The SMILES string of the molecule is CC(C)CCO[C@H](C)[C@@H](C)CCOC(C)C. The maximum atomic E-state index is 5.82. The highest BCUT2D eigenvalue weighted by Gasteiger charge is 2.12. The van der Waals surface area contributed by atoms with Gasteiger partial charge in [0.2, 0.25) is 0 Å². The first-order chi connectivity index (χ1) is 7.43. The Bertz CT molecular complexity index is 137. The molecule has 2 atom stereocenters. The van der Waals surface area contributed by atoms with Crippen molar-refractivity contribution < 1.29 is 9.47 Å². The van der Waals surface area contributed by atoms with E-state index >= 15 is 0 Å². The molecule has 0 unspecified atom stereocenters. The minimum Gasteiger partial charge on any atom is -0.379 e. The third-order valence-corrected chi connectivity index (χ3v) is 2.90. The Labute approximate surface area is 102 Å². The van der Waals surface area contributed by atoms with Gasteiger partial charge in [0.25, 0.3) is 0 Å². The van der Waals surface area contributed by atoms with E-state index in [2.05, 4.69) is 41.5 Å². The fourth-order valence-corrected chi connectivity index (χ4v) is 1.38. The molecule has 0 saturated heterocycles. The summed E-state index contributed by atoms with van der Waals surface area (Å²) in [6.45, 7) is 14.7. The Morgan fingerprint density at radius 2 is 1.31 bits per heavy atom. The van der Waals surface area contributed by atoms with Crippen molar-refractivity contribution >= 4 is 0 Å². The first-order valence-electron chi connectivity index (χ1n) is 6.66. The van der Waals surface area contributed by atoms with Gasteiger partial charge in [0.15, 0.2) is 0 Å². The maximum Gasteiger partial charge on any atom is 0.0573 e. The van der Waals surface area contributed by atoms with Crippen LogP contribution in [0.25, 0.3) is 0 Å². The van der Waals surface area contributed by atoms with Crippen LogP contribution >= 0.6 is 0 Å². The second-order valence-corrected chi connectivity index (χ2v) is 5.44. The van der Waals surface area contributed by atoms with Gasteiger partial charge in [-0.1, -0.05) is 20.8 Å². The summed E-state index contributed by atoms with van der Waals surface area (Å²) in [4.78, 5) is 0. The van der Waals surface area contributed by atoms with E-state index in [1.165, 1.54) is 0 Å². The predicted molar refractivity (Wildman–Crippen MR) is 69.7 cm³/mol. The summed E-state index contributed by atoms with van der Waals surface area (Å²) in [6.07, 6.45) is 2.92. The molecule has 0 amide bonds. The van der Waals surface area contributed by atoms with Crippen LogP contribution in [0.2, 0.25) is 0 Å². The summed E-state index contributed by atoms with van der Waals surface area (Å²) in [5.41, 5.74) is 0. The number of hydrogen-bond acceptors (Lipinski definition) is 2. The molecule has 0 fully saturated rings. The van der Waals surface area contributed by atoms with E-state index in [0.717, 1.165) is 32.0 Å². The molecule has 0 aliphatic rings. The van der Waals surface area contributed by atoms with Crippen LogP contribution in [0.4, 0.5) is 0 Å². The third kappa shape index (κ3) is 9.17. The fourth-order valence-electron chi connectivity index (χ4n) is 1.38. The Morgan fingerprint density at radius 1 is 0.750 bits per heavy atom. The van der Waals surface area contributed by atoms with Gasteiger partial charge in [0.1, 0.15) is 0 Å². The van der Waals surface area contributed by atoms with Crippen molar-refractivity contribution in [3.05, 3.63) is 0 Å². The molecule has 0 aliphatic heterocycles. The average Bonchev–Trinajstić information content (AvgIpc) is 2.16. The molecule has 0 radical (unpaired) electrons. The molecule has 0 bridgehead atoms. The van der Waals surface area contributed by atoms with Crippen LogP contribution in [-0.2, 0) is 9.47 Å². The van der Waals surface area contributed by atoms with E-state index in [1.54, 1.807) is 0 Å². The average molecular weight is 230 g/mol. The van der Waals surface area contributed by atoms with Crippen molar-refractivity contribution in [3.63, 3.8) is 0 Å². The van der Waals surface area contributed by atoms with Crippen molar-refractivity contribution in [2.24, 2.45) is 11.8 Å². The minimum absolute atomic E-state index is 0.337. The highest BCUT2D eigenvalue weighted by molar-refractivity contribution is 4.61. The monoisotopic (exact) mass is 230 g/mol. The summed E-state index contributed by atoms with van der Waals surface area (Å²) in [7, 11) is 0. The summed E-state index contributed by atoms with van der Waals surface area (Å²) < 4.78 is 11.4. The molecule has 0 rings (SSSR count). The first kappa shape index (κ1) is 15.9. The summed E-state index contributed by atoms with van der Waals surface area (Å²) in [6, 6.07) is 0. The molecule has 98 valence electrons. The molecular weight excluding hydrogens is 200 g/mol. The van der Waals surface area contributed by atoms with Gasteiger partial charge in [-0.2, -0.15) is 0 Å². The van der Waals surface area contributed by atoms with Gasteiger partial charge in [0, 0.05) is 13.2 Å². The van der Waals surface area contributed by atoms with Gasteiger partial charge < -0.3 is 9.47 Å². The van der Waals surface area contributed by atoms with E-state index in [0.29, 0.717) is 18.1 Å². The summed E-state index contributed by atoms with van der Waals surface area (Å²) in [5, 5.41) is 0. The van der Waals surface area contributed by atoms with Crippen molar-refractivity contribution in [2.75, 3.05) is 13.2 Å². The second kappa shape index (κ2) is 9.00. The van der Waals surface area contributed by atoms with E-state index < -0.39 is 0 Å². The molecule has 0 aromatic carbocycles. The van der Waals surface area contributed by atoms with Gasteiger partial charge in [-0.25, -0.2) is 0 Å². The zero-order valence-electron chi connectivity index (χ0n) is 12.0. The van der Waals surface area contributed by atoms with Crippen LogP contribution < -0.4 is 0 Å². The van der Waals surface area contributed by atoms with Crippen LogP contribution in [0.15, 0.2) is 0 Å². The van der Waals surface area contributed by atoms with Crippen LogP contribution in [-0.4, -0.2) is 25.4 Å². The highest BCUT2D eigenvalue weighted by Crippen LogP contribution is 2.13. The molecule has 0 saturated carbocycles. The molecule has 2 heteroatoms. The van der Waals surface area contributed by atoms with Crippen LogP contribution in [0, 0.1) is 11.8 Å². The molecule has 2 nitrogen and oxygen atoms in total. The lowest BCUT2D eigenvalue weighted by atomic mass is 10.0. The van der Waals surface area contributed by atoms with E-state index in [1.807, 2.05) is 0 Å². The lowest BCUT2D eigenvalue weighted by Crippen LogP contribution is -2.21. The normalized spacial score (nSPS) is 15.8. The molecule has 16 heavy (non-hydrogen) atoms. The lowest BCUT2D eigenvalue weighted by molar-refractivity contribution is 0.00457. The predicted octanol–water partition coefficient (Wildman–Crippen LogP) is 3.89. The largest absolute Gasteiger partial charge is 0.379 e. The minimum atomic E-state index is 0.337. The van der Waals surface area contributed by atoms with Gasteiger partial charge in [-0.3, -0.25) is 0 Å². The Morgan fingerprint density at radius 3 is 1.81 bits per heavy atom. The maximum absolute atomic E-state index is 5.82.